The molecule has 4 nitrogen and oxygen atoms in total. The number of nitrogens with zero attached hydrogens (tertiary/aromatic N) is 1. The van der Waals surface area contributed by atoms with Crippen LogP contribution in [0.2, 0.25) is 0 Å². The lowest BCUT2D eigenvalue weighted by Crippen LogP contribution is -2.26. The minimum Gasteiger partial charge on any atom is -0.380 e. The van der Waals surface area contributed by atoms with Crippen LogP contribution >= 0.6 is 0 Å². The van der Waals surface area contributed by atoms with Crippen LogP contribution in [0.4, 0.5) is 0 Å². The number of rotatable bonds is 6. The summed E-state index contributed by atoms with van der Waals surface area (Å²) in [5.74, 6) is 0.940. The van der Waals surface area contributed by atoms with Gasteiger partial charge in [0.15, 0.2) is 0 Å². The van der Waals surface area contributed by atoms with Crippen LogP contribution < -0.4 is 5.32 Å². The highest BCUT2D eigenvalue weighted by molar-refractivity contribution is 4.95. The van der Waals surface area contributed by atoms with Gasteiger partial charge >= 0.3 is 0 Å². The molecule has 0 amide bonds. The van der Waals surface area contributed by atoms with Gasteiger partial charge < -0.3 is 15.0 Å². The van der Waals surface area contributed by atoms with E-state index in [4.69, 9.17) is 4.74 Å². The fourth-order valence-electron chi connectivity index (χ4n) is 1.18. The van der Waals surface area contributed by atoms with Crippen LogP contribution in [0.15, 0.2) is 12.4 Å². The highest BCUT2D eigenvalue weighted by Gasteiger charge is 2.11. The number of imidazole rings is 1. The smallest absolute Gasteiger partial charge is 0.125 e. The number of nitrogens with one attached hydrogen (secondary N) is 2. The van der Waals surface area contributed by atoms with Crippen LogP contribution in [-0.2, 0) is 4.74 Å². The van der Waals surface area contributed by atoms with Crippen molar-refractivity contribution in [2.24, 2.45) is 0 Å². The summed E-state index contributed by atoms with van der Waals surface area (Å²) in [6.45, 7) is 6.38. The molecule has 0 aliphatic carbocycles. The summed E-state index contributed by atoms with van der Waals surface area (Å²) in [5, 5.41) is 3.30. The van der Waals surface area contributed by atoms with E-state index in [1.807, 2.05) is 13.1 Å². The summed E-state index contributed by atoms with van der Waals surface area (Å²) < 4.78 is 5.35. The Kier molecular flexibility index (Phi) is 4.49. The first-order valence-electron chi connectivity index (χ1n) is 4.68. The third kappa shape index (κ3) is 3.16. The van der Waals surface area contributed by atoms with Crippen LogP contribution in [0.3, 0.4) is 0 Å². The number of aromatic amines is 1. The molecule has 0 aromatic carbocycles. The topological polar surface area (TPSA) is 49.9 Å². The Balaban J connectivity index is 2.47. The van der Waals surface area contributed by atoms with Crippen molar-refractivity contribution in [3.8, 4) is 0 Å². The summed E-state index contributed by atoms with van der Waals surface area (Å²) in [6, 6.07) is 0.181. The van der Waals surface area contributed by atoms with E-state index >= 15 is 0 Å². The maximum Gasteiger partial charge on any atom is 0.125 e. The van der Waals surface area contributed by atoms with E-state index in [9.17, 15) is 0 Å². The van der Waals surface area contributed by atoms with Gasteiger partial charge in [0.25, 0.3) is 0 Å². The molecule has 0 saturated carbocycles. The number of H-pyrrole nitrogens is 1. The van der Waals surface area contributed by atoms with Crippen molar-refractivity contribution in [2.75, 3.05) is 19.8 Å². The minimum absolute atomic E-state index is 0.181. The number of hydrogen-bond donors (Lipinski definition) is 2. The first-order chi connectivity index (χ1) is 6.38. The third-order valence-electron chi connectivity index (χ3n) is 1.79. The van der Waals surface area contributed by atoms with Crippen LogP contribution in [-0.4, -0.2) is 29.7 Å². The van der Waals surface area contributed by atoms with Gasteiger partial charge in [-0.05, 0) is 13.5 Å². The van der Waals surface area contributed by atoms with Gasteiger partial charge in [-0.25, -0.2) is 4.98 Å². The fraction of sp³-hybridized carbons (Fsp3) is 0.667. The Morgan fingerprint density at radius 3 is 3.00 bits per heavy atom. The molecule has 1 heterocycles. The molecule has 0 radical (unpaired) electrons. The van der Waals surface area contributed by atoms with Gasteiger partial charge in [0, 0.05) is 19.0 Å². The second kappa shape index (κ2) is 5.72. The predicted octanol–water partition coefficient (Wildman–Crippen LogP) is 1.10. The molecule has 0 fully saturated rings. The molecule has 1 rings (SSSR count). The van der Waals surface area contributed by atoms with E-state index < -0.39 is 0 Å². The quantitative estimate of drug-likeness (QED) is 0.694. The summed E-state index contributed by atoms with van der Waals surface area (Å²) in [6.07, 6.45) is 3.58. The lowest BCUT2D eigenvalue weighted by atomic mass is 10.3. The molecule has 2 N–H and O–H groups in total. The van der Waals surface area contributed by atoms with Crippen LogP contribution in [0.1, 0.15) is 25.7 Å². The molecule has 4 heteroatoms. The zero-order valence-electron chi connectivity index (χ0n) is 8.21. The minimum atomic E-state index is 0.181. The number of ether oxygens (including phenoxy) is 1. The Hall–Kier alpha value is -0.870. The second-order valence-corrected chi connectivity index (χ2v) is 2.74. The molecular weight excluding hydrogens is 166 g/mol. The average Bonchev–Trinajstić information content (AvgIpc) is 2.65. The van der Waals surface area contributed by atoms with E-state index in [0.717, 1.165) is 19.0 Å². The second-order valence-electron chi connectivity index (χ2n) is 2.74. The highest BCUT2D eigenvalue weighted by Crippen LogP contribution is 2.06. The molecule has 0 saturated heterocycles. The first-order valence-corrected chi connectivity index (χ1v) is 4.68. The van der Waals surface area contributed by atoms with E-state index in [2.05, 4.69) is 22.2 Å². The molecule has 74 valence electrons. The molecule has 0 aliphatic rings. The normalized spacial score (nSPS) is 13.1. The molecule has 1 aromatic heterocycles. The lowest BCUT2D eigenvalue weighted by Gasteiger charge is -2.14. The monoisotopic (exact) mass is 183 g/mol. The van der Waals surface area contributed by atoms with Gasteiger partial charge in [0.2, 0.25) is 0 Å². The molecule has 0 bridgehead atoms. The maximum atomic E-state index is 5.35. The van der Waals surface area contributed by atoms with Crippen LogP contribution in [0.25, 0.3) is 0 Å². The molecule has 1 atom stereocenters. The Morgan fingerprint density at radius 2 is 2.46 bits per heavy atom. The predicted molar refractivity (Wildman–Crippen MR) is 51.5 cm³/mol. The first kappa shape index (κ1) is 10.2. The Morgan fingerprint density at radius 1 is 1.62 bits per heavy atom. The van der Waals surface area contributed by atoms with Crippen molar-refractivity contribution in [1.29, 1.82) is 0 Å². The maximum absolute atomic E-state index is 5.35. The Labute approximate surface area is 78.7 Å². The van der Waals surface area contributed by atoms with E-state index in [0.29, 0.717) is 6.61 Å². The third-order valence-corrected chi connectivity index (χ3v) is 1.79. The van der Waals surface area contributed by atoms with Crippen molar-refractivity contribution >= 4 is 0 Å². The van der Waals surface area contributed by atoms with Gasteiger partial charge in [-0.1, -0.05) is 6.92 Å². The standard InChI is InChI=1S/C9H17N3O/c1-3-10-8(7-13-4-2)9-11-5-6-12-9/h5-6,8,10H,3-4,7H2,1-2H3,(H,11,12). The fourth-order valence-corrected chi connectivity index (χ4v) is 1.18. The summed E-state index contributed by atoms with van der Waals surface area (Å²) in [5.41, 5.74) is 0. The summed E-state index contributed by atoms with van der Waals surface area (Å²) in [7, 11) is 0. The van der Waals surface area contributed by atoms with Crippen molar-refractivity contribution in [2.45, 2.75) is 19.9 Å². The summed E-state index contributed by atoms with van der Waals surface area (Å²) in [4.78, 5) is 7.27. The molecule has 0 aliphatic heterocycles. The molecule has 1 aromatic rings. The molecule has 1 unspecified atom stereocenters. The SMILES string of the molecule is CCNC(COCC)c1ncc[nH]1. The van der Waals surface area contributed by atoms with Gasteiger partial charge in [-0.2, -0.15) is 0 Å². The number of aromatic nitrogens is 2. The van der Waals surface area contributed by atoms with Crippen molar-refractivity contribution < 1.29 is 4.74 Å². The number of hydrogen-bond acceptors (Lipinski definition) is 3. The molecular formula is C9H17N3O. The molecule has 13 heavy (non-hydrogen) atoms. The highest BCUT2D eigenvalue weighted by atomic mass is 16.5. The Bertz CT molecular complexity index is 211. The van der Waals surface area contributed by atoms with Crippen LogP contribution in [0, 0.1) is 0 Å². The van der Waals surface area contributed by atoms with Gasteiger partial charge in [0.05, 0.1) is 12.6 Å². The van der Waals surface area contributed by atoms with E-state index in [-0.39, 0.29) is 6.04 Å². The van der Waals surface area contributed by atoms with E-state index in [1.165, 1.54) is 0 Å². The van der Waals surface area contributed by atoms with Crippen molar-refractivity contribution in [1.82, 2.24) is 15.3 Å². The molecule has 0 spiro atoms. The summed E-state index contributed by atoms with van der Waals surface area (Å²) >= 11 is 0. The zero-order valence-corrected chi connectivity index (χ0v) is 8.21. The van der Waals surface area contributed by atoms with E-state index in [1.54, 1.807) is 6.20 Å². The van der Waals surface area contributed by atoms with Gasteiger partial charge in [0.1, 0.15) is 5.82 Å². The average molecular weight is 183 g/mol. The van der Waals surface area contributed by atoms with Crippen molar-refractivity contribution in [3.63, 3.8) is 0 Å². The van der Waals surface area contributed by atoms with Gasteiger partial charge in [-0.3, -0.25) is 0 Å². The number of likely N-dealkylation sites (N-methyl/N-ethyl adjacent to an activating group) is 1. The van der Waals surface area contributed by atoms with Gasteiger partial charge in [-0.15, -0.1) is 0 Å². The lowest BCUT2D eigenvalue weighted by molar-refractivity contribution is 0.121. The van der Waals surface area contributed by atoms with Crippen molar-refractivity contribution in [3.05, 3.63) is 18.2 Å². The van der Waals surface area contributed by atoms with Crippen LogP contribution in [0.5, 0.6) is 0 Å². The zero-order chi connectivity index (χ0) is 9.52. The largest absolute Gasteiger partial charge is 0.380 e.